The second kappa shape index (κ2) is 12.6. The number of carbonyl (C=O) groups excluding carboxylic acids is 2. The molecule has 0 aliphatic heterocycles. The third-order valence-electron chi connectivity index (χ3n) is 7.38. The van der Waals surface area contributed by atoms with Crippen LogP contribution in [0.1, 0.15) is 50.2 Å². The number of amides is 1. The molecule has 0 N–H and O–H groups in total. The number of anilines is 2. The molecule has 0 atom stereocenters. The maximum atomic E-state index is 13.8. The van der Waals surface area contributed by atoms with Crippen molar-refractivity contribution in [3.05, 3.63) is 90.0 Å². The highest BCUT2D eigenvalue weighted by Gasteiger charge is 2.27. The average molecular weight is 511 g/mol. The Balaban J connectivity index is 1.61. The molecule has 1 amide bonds. The average Bonchev–Trinajstić information content (AvgIpc) is 2.96. The number of nitrogens with zero attached hydrogens (tertiary/aromatic N) is 2. The first kappa shape index (κ1) is 27.2. The van der Waals surface area contributed by atoms with Crippen LogP contribution in [0.3, 0.4) is 0 Å². The largest absolute Gasteiger partial charge is 0.466 e. The lowest BCUT2D eigenvalue weighted by molar-refractivity contribution is -0.134. The van der Waals surface area contributed by atoms with Gasteiger partial charge in [-0.1, -0.05) is 67.8 Å². The summed E-state index contributed by atoms with van der Waals surface area (Å²) in [7, 11) is 5.45. The molecule has 0 unspecified atom stereocenters. The van der Waals surface area contributed by atoms with Crippen molar-refractivity contribution in [2.24, 2.45) is 5.92 Å². The molecular weight excluding hydrogens is 472 g/mol. The predicted octanol–water partition coefficient (Wildman–Crippen LogP) is 7.11. The molecule has 5 heteroatoms. The molecular formula is C33H38N2O3. The van der Waals surface area contributed by atoms with E-state index in [1.807, 2.05) is 50.2 Å². The SMILES string of the molecule is COC(=O)/C=C(\C)c1cccc(N(Cc2ccc(-c3ccc(N(C)C)cc3)cc2)C(=O)C2CCCCC2)c1. The van der Waals surface area contributed by atoms with Crippen molar-refractivity contribution in [2.45, 2.75) is 45.6 Å². The summed E-state index contributed by atoms with van der Waals surface area (Å²) in [6.07, 6.45) is 6.78. The zero-order valence-electron chi connectivity index (χ0n) is 22.9. The Bertz CT molecular complexity index is 1270. The molecule has 4 rings (SSSR count). The number of benzene rings is 3. The van der Waals surface area contributed by atoms with Crippen LogP contribution >= 0.6 is 0 Å². The fourth-order valence-electron chi connectivity index (χ4n) is 5.04. The summed E-state index contributed by atoms with van der Waals surface area (Å²) >= 11 is 0. The highest BCUT2D eigenvalue weighted by atomic mass is 16.5. The molecule has 198 valence electrons. The van der Waals surface area contributed by atoms with Crippen LogP contribution in [0.5, 0.6) is 0 Å². The van der Waals surface area contributed by atoms with E-state index in [4.69, 9.17) is 4.74 Å². The Morgan fingerprint density at radius 3 is 2.11 bits per heavy atom. The van der Waals surface area contributed by atoms with Gasteiger partial charge in [0.25, 0.3) is 0 Å². The summed E-state index contributed by atoms with van der Waals surface area (Å²) in [5.41, 5.74) is 7.10. The van der Waals surface area contributed by atoms with Crippen molar-refractivity contribution in [2.75, 3.05) is 31.0 Å². The topological polar surface area (TPSA) is 49.9 Å². The van der Waals surface area contributed by atoms with Gasteiger partial charge >= 0.3 is 5.97 Å². The summed E-state index contributed by atoms with van der Waals surface area (Å²) in [5.74, 6) is -0.159. The number of hydrogen-bond donors (Lipinski definition) is 0. The van der Waals surface area contributed by atoms with Crippen LogP contribution in [0.25, 0.3) is 16.7 Å². The van der Waals surface area contributed by atoms with Crippen LogP contribution < -0.4 is 9.80 Å². The van der Waals surface area contributed by atoms with Gasteiger partial charge in [0.1, 0.15) is 0 Å². The first-order chi connectivity index (χ1) is 18.4. The molecule has 1 aliphatic rings. The van der Waals surface area contributed by atoms with Gasteiger partial charge in [0.15, 0.2) is 0 Å². The molecule has 3 aromatic rings. The predicted molar refractivity (Wildman–Crippen MR) is 156 cm³/mol. The van der Waals surface area contributed by atoms with Crippen LogP contribution in [0.4, 0.5) is 11.4 Å². The molecule has 1 saturated carbocycles. The number of methoxy groups -OCH3 is 1. The lowest BCUT2D eigenvalue weighted by Crippen LogP contribution is -2.36. The number of carbonyl (C=O) groups is 2. The highest BCUT2D eigenvalue weighted by Crippen LogP contribution is 2.31. The molecule has 0 saturated heterocycles. The maximum absolute atomic E-state index is 13.8. The van der Waals surface area contributed by atoms with Crippen molar-refractivity contribution >= 4 is 28.8 Å². The molecule has 0 radical (unpaired) electrons. The van der Waals surface area contributed by atoms with E-state index in [1.54, 1.807) is 0 Å². The zero-order valence-corrected chi connectivity index (χ0v) is 22.9. The summed E-state index contributed by atoms with van der Waals surface area (Å²) in [4.78, 5) is 29.6. The minimum absolute atomic E-state index is 0.0496. The van der Waals surface area contributed by atoms with Crippen molar-refractivity contribution in [3.63, 3.8) is 0 Å². The Kier molecular flexibility index (Phi) is 9.01. The van der Waals surface area contributed by atoms with E-state index in [-0.39, 0.29) is 17.8 Å². The van der Waals surface area contributed by atoms with Crippen LogP contribution in [-0.4, -0.2) is 33.1 Å². The molecule has 0 bridgehead atoms. The number of esters is 1. The van der Waals surface area contributed by atoms with Crippen molar-refractivity contribution in [3.8, 4) is 11.1 Å². The molecule has 1 aliphatic carbocycles. The molecule has 0 aromatic heterocycles. The quantitative estimate of drug-likeness (QED) is 0.239. The van der Waals surface area contributed by atoms with Gasteiger partial charge in [0.2, 0.25) is 5.91 Å². The van der Waals surface area contributed by atoms with Crippen molar-refractivity contribution < 1.29 is 14.3 Å². The van der Waals surface area contributed by atoms with E-state index >= 15 is 0 Å². The minimum Gasteiger partial charge on any atom is -0.466 e. The van der Waals surface area contributed by atoms with E-state index in [1.165, 1.54) is 25.3 Å². The maximum Gasteiger partial charge on any atom is 0.330 e. The third-order valence-corrected chi connectivity index (χ3v) is 7.38. The second-order valence-electron chi connectivity index (χ2n) is 10.3. The summed E-state index contributed by atoms with van der Waals surface area (Å²) in [6.45, 7) is 2.38. The third kappa shape index (κ3) is 6.71. The van der Waals surface area contributed by atoms with Gasteiger partial charge in [-0.2, -0.15) is 0 Å². The van der Waals surface area contributed by atoms with E-state index in [2.05, 4.69) is 53.4 Å². The smallest absolute Gasteiger partial charge is 0.330 e. The fraction of sp³-hybridized carbons (Fsp3) is 0.333. The number of ether oxygens (including phenoxy) is 1. The molecule has 0 heterocycles. The molecule has 0 spiro atoms. The van der Waals surface area contributed by atoms with Gasteiger partial charge < -0.3 is 14.5 Å². The van der Waals surface area contributed by atoms with Crippen LogP contribution in [0, 0.1) is 5.92 Å². The summed E-state index contributed by atoms with van der Waals surface area (Å²) in [6, 6.07) is 24.9. The molecule has 5 nitrogen and oxygen atoms in total. The van der Waals surface area contributed by atoms with Gasteiger partial charge in [-0.15, -0.1) is 0 Å². The first-order valence-corrected chi connectivity index (χ1v) is 13.4. The van der Waals surface area contributed by atoms with E-state index in [9.17, 15) is 9.59 Å². The molecule has 38 heavy (non-hydrogen) atoms. The highest BCUT2D eigenvalue weighted by molar-refractivity contribution is 5.96. The fourth-order valence-corrected chi connectivity index (χ4v) is 5.04. The van der Waals surface area contributed by atoms with Crippen molar-refractivity contribution in [1.29, 1.82) is 0 Å². The standard InChI is InChI=1S/C33H38N2O3/c1-24(21-32(36)38-4)29-11-8-12-31(22-29)35(33(37)28-9-6-5-7-10-28)23-25-13-15-26(16-14-25)27-17-19-30(20-18-27)34(2)3/h8,11-22,28H,5-7,9-10,23H2,1-4H3/b24-21+. The Morgan fingerprint density at radius 1 is 0.868 bits per heavy atom. The number of allylic oxidation sites excluding steroid dienone is 1. The van der Waals surface area contributed by atoms with Crippen molar-refractivity contribution in [1.82, 2.24) is 0 Å². The lowest BCUT2D eigenvalue weighted by atomic mass is 9.88. The van der Waals surface area contributed by atoms with Crippen LogP contribution in [-0.2, 0) is 20.9 Å². The van der Waals surface area contributed by atoms with Gasteiger partial charge in [-0.3, -0.25) is 4.79 Å². The van der Waals surface area contributed by atoms with E-state index in [0.29, 0.717) is 6.54 Å². The van der Waals surface area contributed by atoms with Gasteiger partial charge in [0.05, 0.1) is 13.7 Å². The zero-order chi connectivity index (χ0) is 27.1. The molecule has 3 aromatic carbocycles. The first-order valence-electron chi connectivity index (χ1n) is 13.4. The van der Waals surface area contributed by atoms with Crippen LogP contribution in [0.2, 0.25) is 0 Å². The summed E-state index contributed by atoms with van der Waals surface area (Å²) in [5, 5.41) is 0. The Hall–Kier alpha value is -3.86. The number of hydrogen-bond acceptors (Lipinski definition) is 4. The number of rotatable bonds is 8. The van der Waals surface area contributed by atoms with Gasteiger partial charge in [-0.05, 0) is 71.9 Å². The normalized spacial score (nSPS) is 14.2. The van der Waals surface area contributed by atoms with Crippen LogP contribution in [0.15, 0.2) is 78.9 Å². The van der Waals surface area contributed by atoms with E-state index < -0.39 is 0 Å². The second-order valence-corrected chi connectivity index (χ2v) is 10.3. The van der Waals surface area contributed by atoms with Gasteiger partial charge in [-0.25, -0.2) is 4.79 Å². The summed E-state index contributed by atoms with van der Waals surface area (Å²) < 4.78 is 4.79. The van der Waals surface area contributed by atoms with E-state index in [0.717, 1.165) is 59.2 Å². The Labute approximate surface area is 226 Å². The monoisotopic (exact) mass is 510 g/mol. The lowest BCUT2D eigenvalue weighted by Gasteiger charge is -2.30. The van der Waals surface area contributed by atoms with Gasteiger partial charge in [0, 0.05) is 37.5 Å². The molecule has 1 fully saturated rings. The Morgan fingerprint density at radius 2 is 1.50 bits per heavy atom. The minimum atomic E-state index is -0.389.